The molecule has 64 valence electrons. The highest BCUT2D eigenvalue weighted by Gasteiger charge is 2.23. The molecule has 1 aromatic rings. The van der Waals surface area contributed by atoms with Crippen LogP contribution in [0.5, 0.6) is 5.06 Å². The highest BCUT2D eigenvalue weighted by Crippen LogP contribution is 2.39. The van der Waals surface area contributed by atoms with Gasteiger partial charge in [0.2, 0.25) is 0 Å². The maximum Gasteiger partial charge on any atom is 0.264 e. The summed E-state index contributed by atoms with van der Waals surface area (Å²) in [6.07, 6.45) is 0. The van der Waals surface area contributed by atoms with Crippen LogP contribution in [-0.4, -0.2) is 19.6 Å². The van der Waals surface area contributed by atoms with E-state index in [4.69, 9.17) is 4.74 Å². The van der Waals surface area contributed by atoms with Gasteiger partial charge in [-0.1, -0.05) is 0 Å². The summed E-state index contributed by atoms with van der Waals surface area (Å²) >= 11 is 1.58. The van der Waals surface area contributed by atoms with Crippen LogP contribution in [0.2, 0.25) is 0 Å². The predicted molar refractivity (Wildman–Crippen MR) is 48.0 cm³/mol. The lowest BCUT2D eigenvalue weighted by atomic mass is 10.3. The van der Waals surface area contributed by atoms with Crippen molar-refractivity contribution in [3.05, 3.63) is 10.9 Å². The number of ether oxygens (including phenoxy) is 1. The van der Waals surface area contributed by atoms with E-state index in [1.807, 2.05) is 13.0 Å². The molecular formula is C8H9NO2S. The van der Waals surface area contributed by atoms with E-state index in [-0.39, 0.29) is 12.5 Å². The molecule has 1 amide bonds. The molecule has 0 aliphatic carbocycles. The molecule has 1 aliphatic rings. The van der Waals surface area contributed by atoms with Gasteiger partial charge in [0.15, 0.2) is 11.7 Å². The molecule has 0 spiro atoms. The zero-order valence-electron chi connectivity index (χ0n) is 6.96. The summed E-state index contributed by atoms with van der Waals surface area (Å²) in [4.78, 5) is 14.0. The highest BCUT2D eigenvalue weighted by atomic mass is 32.1. The molecule has 0 saturated carbocycles. The molecule has 2 rings (SSSR count). The molecule has 2 heterocycles. The normalized spacial score (nSPS) is 15.8. The predicted octanol–water partition coefficient (Wildman–Crippen LogP) is 1.41. The van der Waals surface area contributed by atoms with Crippen molar-refractivity contribution in [2.24, 2.45) is 0 Å². The Labute approximate surface area is 74.6 Å². The van der Waals surface area contributed by atoms with Crippen LogP contribution in [-0.2, 0) is 4.79 Å². The molecule has 0 bridgehead atoms. The number of anilines is 1. The number of hydrogen-bond acceptors (Lipinski definition) is 3. The zero-order chi connectivity index (χ0) is 8.72. The largest absolute Gasteiger partial charge is 0.472 e. The second-order valence-corrected chi connectivity index (χ2v) is 3.99. The molecule has 0 saturated heterocycles. The number of aryl methyl sites for hydroxylation is 1. The van der Waals surface area contributed by atoms with Crippen LogP contribution in [0.15, 0.2) is 6.07 Å². The maximum absolute atomic E-state index is 11.2. The minimum absolute atomic E-state index is 0.0142. The summed E-state index contributed by atoms with van der Waals surface area (Å²) in [7, 11) is 1.77. The van der Waals surface area contributed by atoms with Crippen LogP contribution >= 0.6 is 11.3 Å². The van der Waals surface area contributed by atoms with Crippen molar-refractivity contribution in [1.29, 1.82) is 0 Å². The Balaban J connectivity index is 2.48. The fraction of sp³-hybridized carbons (Fsp3) is 0.375. The average Bonchev–Trinajstić information content (AvgIpc) is 2.39. The van der Waals surface area contributed by atoms with E-state index in [0.717, 1.165) is 10.8 Å². The fourth-order valence-electron chi connectivity index (χ4n) is 1.18. The van der Waals surface area contributed by atoms with Crippen molar-refractivity contribution in [2.45, 2.75) is 6.92 Å². The number of rotatable bonds is 0. The SMILES string of the molecule is Cc1cc2c(s1)OCC(=O)N2C. The van der Waals surface area contributed by atoms with Crippen LogP contribution < -0.4 is 9.64 Å². The Hall–Kier alpha value is -1.03. The van der Waals surface area contributed by atoms with Crippen molar-refractivity contribution in [3.63, 3.8) is 0 Å². The molecule has 0 N–H and O–H groups in total. The Bertz CT molecular complexity index is 332. The molecule has 0 atom stereocenters. The maximum atomic E-state index is 11.2. The topological polar surface area (TPSA) is 29.5 Å². The second kappa shape index (κ2) is 2.48. The zero-order valence-corrected chi connectivity index (χ0v) is 7.77. The molecule has 0 unspecified atom stereocenters. The standard InChI is InChI=1S/C8H9NO2S/c1-5-3-6-8(12-5)11-4-7(10)9(6)2/h3H,4H2,1-2H3. The molecule has 1 aromatic heterocycles. The first-order chi connectivity index (χ1) is 5.68. The Morgan fingerprint density at radius 2 is 2.42 bits per heavy atom. The number of hydrogen-bond donors (Lipinski definition) is 0. The highest BCUT2D eigenvalue weighted by molar-refractivity contribution is 7.14. The summed E-state index contributed by atoms with van der Waals surface area (Å²) < 4.78 is 5.25. The van der Waals surface area contributed by atoms with Crippen molar-refractivity contribution in [2.75, 3.05) is 18.6 Å². The minimum Gasteiger partial charge on any atom is -0.472 e. The number of thiophene rings is 1. The van der Waals surface area contributed by atoms with E-state index in [0.29, 0.717) is 0 Å². The first kappa shape index (κ1) is 7.61. The number of amides is 1. The van der Waals surface area contributed by atoms with Gasteiger partial charge in [-0.25, -0.2) is 0 Å². The van der Waals surface area contributed by atoms with Crippen molar-refractivity contribution in [3.8, 4) is 5.06 Å². The number of nitrogens with zero attached hydrogens (tertiary/aromatic N) is 1. The summed E-state index contributed by atoms with van der Waals surface area (Å²) in [5, 5.41) is 0.856. The fourth-order valence-corrected chi connectivity index (χ4v) is 2.06. The van der Waals surface area contributed by atoms with Crippen LogP contribution in [0.3, 0.4) is 0 Å². The van der Waals surface area contributed by atoms with E-state index >= 15 is 0 Å². The third kappa shape index (κ3) is 0.992. The lowest BCUT2D eigenvalue weighted by Gasteiger charge is -2.22. The summed E-state index contributed by atoms with van der Waals surface area (Å²) in [6, 6.07) is 1.97. The minimum atomic E-state index is 0.0142. The third-order valence-electron chi connectivity index (χ3n) is 1.86. The first-order valence-electron chi connectivity index (χ1n) is 3.68. The summed E-state index contributed by atoms with van der Waals surface area (Å²) in [6.45, 7) is 2.17. The van der Waals surface area contributed by atoms with E-state index in [1.165, 1.54) is 4.88 Å². The molecule has 0 radical (unpaired) electrons. The number of likely N-dealkylation sites (N-methyl/N-ethyl adjacent to an activating group) is 1. The van der Waals surface area contributed by atoms with Gasteiger partial charge < -0.3 is 9.64 Å². The molecular weight excluding hydrogens is 174 g/mol. The van der Waals surface area contributed by atoms with Gasteiger partial charge in [-0.05, 0) is 13.0 Å². The molecule has 4 heteroatoms. The first-order valence-corrected chi connectivity index (χ1v) is 4.50. The summed E-state index contributed by atoms with van der Waals surface area (Å²) in [5.74, 6) is 0.0142. The van der Waals surface area contributed by atoms with Gasteiger partial charge >= 0.3 is 0 Å². The van der Waals surface area contributed by atoms with Crippen LogP contribution in [0, 0.1) is 6.92 Å². The quantitative estimate of drug-likeness (QED) is 0.608. The van der Waals surface area contributed by atoms with Crippen molar-refractivity contribution >= 4 is 22.9 Å². The summed E-state index contributed by atoms with van der Waals surface area (Å²) in [5.41, 5.74) is 0.897. The van der Waals surface area contributed by atoms with Gasteiger partial charge in [0.25, 0.3) is 5.91 Å². The Morgan fingerprint density at radius 1 is 1.67 bits per heavy atom. The Morgan fingerprint density at radius 3 is 3.17 bits per heavy atom. The molecule has 1 aliphatic heterocycles. The van der Waals surface area contributed by atoms with Gasteiger partial charge in [0, 0.05) is 11.9 Å². The van der Waals surface area contributed by atoms with Gasteiger partial charge in [0.05, 0.1) is 5.69 Å². The molecule has 0 fully saturated rings. The van der Waals surface area contributed by atoms with E-state index in [9.17, 15) is 4.79 Å². The van der Waals surface area contributed by atoms with Gasteiger partial charge in [-0.3, -0.25) is 4.79 Å². The van der Waals surface area contributed by atoms with Crippen LogP contribution in [0.1, 0.15) is 4.88 Å². The number of carbonyl (C=O) groups excluding carboxylic acids is 1. The third-order valence-corrected chi connectivity index (χ3v) is 2.82. The van der Waals surface area contributed by atoms with Crippen molar-refractivity contribution in [1.82, 2.24) is 0 Å². The Kier molecular flexibility index (Phi) is 1.58. The van der Waals surface area contributed by atoms with E-state index < -0.39 is 0 Å². The van der Waals surface area contributed by atoms with Gasteiger partial charge in [-0.15, -0.1) is 11.3 Å². The average molecular weight is 183 g/mol. The van der Waals surface area contributed by atoms with Crippen molar-refractivity contribution < 1.29 is 9.53 Å². The molecule has 0 aromatic carbocycles. The number of fused-ring (bicyclic) bond motifs is 1. The lowest BCUT2D eigenvalue weighted by molar-refractivity contribution is -0.120. The smallest absolute Gasteiger partial charge is 0.264 e. The second-order valence-electron chi connectivity index (χ2n) is 2.77. The van der Waals surface area contributed by atoms with E-state index in [1.54, 1.807) is 23.3 Å². The van der Waals surface area contributed by atoms with Gasteiger partial charge in [0.1, 0.15) is 0 Å². The van der Waals surface area contributed by atoms with Gasteiger partial charge in [-0.2, -0.15) is 0 Å². The lowest BCUT2D eigenvalue weighted by Crippen LogP contribution is -2.34. The molecule has 3 nitrogen and oxygen atoms in total. The molecule has 12 heavy (non-hydrogen) atoms. The number of carbonyl (C=O) groups is 1. The van der Waals surface area contributed by atoms with E-state index in [2.05, 4.69) is 0 Å². The van der Waals surface area contributed by atoms with Crippen LogP contribution in [0.25, 0.3) is 0 Å². The monoisotopic (exact) mass is 183 g/mol. The van der Waals surface area contributed by atoms with Crippen LogP contribution in [0.4, 0.5) is 5.69 Å².